The Hall–Kier alpha value is -1.30. The summed E-state index contributed by atoms with van der Waals surface area (Å²) in [7, 11) is 1.59. The van der Waals surface area contributed by atoms with Crippen LogP contribution in [-0.2, 0) is 9.53 Å². The summed E-state index contributed by atoms with van der Waals surface area (Å²) in [4.78, 5) is 25.5. The highest BCUT2D eigenvalue weighted by atomic mass is 16.5. The molecule has 0 spiro atoms. The number of carbonyl (C=O) groups is 2. The van der Waals surface area contributed by atoms with Crippen molar-refractivity contribution in [2.75, 3.05) is 20.3 Å². The molecule has 1 saturated carbocycles. The van der Waals surface area contributed by atoms with Crippen LogP contribution in [-0.4, -0.2) is 54.4 Å². The van der Waals surface area contributed by atoms with Gasteiger partial charge in [0.05, 0.1) is 0 Å². The number of urea groups is 1. The number of piperidine rings is 1. The van der Waals surface area contributed by atoms with Gasteiger partial charge < -0.3 is 20.1 Å². The lowest BCUT2D eigenvalue weighted by atomic mass is 9.92. The summed E-state index contributed by atoms with van der Waals surface area (Å²) in [6.07, 6.45) is 6.68. The van der Waals surface area contributed by atoms with E-state index in [1.165, 1.54) is 19.3 Å². The molecular formula is C15H26N2O4. The second kappa shape index (κ2) is 7.64. The number of likely N-dealkylation sites (tertiary alicyclic amines) is 1. The third-order valence-corrected chi connectivity index (χ3v) is 4.69. The van der Waals surface area contributed by atoms with Crippen LogP contribution >= 0.6 is 0 Å². The predicted molar refractivity (Wildman–Crippen MR) is 78.1 cm³/mol. The van der Waals surface area contributed by atoms with Crippen molar-refractivity contribution in [1.82, 2.24) is 10.2 Å². The summed E-state index contributed by atoms with van der Waals surface area (Å²) in [6.45, 7) is 1.26. The van der Waals surface area contributed by atoms with E-state index in [4.69, 9.17) is 4.74 Å². The Labute approximate surface area is 125 Å². The Morgan fingerprint density at radius 3 is 2.81 bits per heavy atom. The quantitative estimate of drug-likeness (QED) is 0.733. The number of fused-ring (bicyclic) bond motifs is 1. The Morgan fingerprint density at radius 2 is 2.10 bits per heavy atom. The second-order valence-electron chi connectivity index (χ2n) is 6.07. The molecule has 0 bridgehead atoms. The van der Waals surface area contributed by atoms with Crippen LogP contribution in [0.15, 0.2) is 0 Å². The van der Waals surface area contributed by atoms with Gasteiger partial charge in [-0.3, -0.25) is 0 Å². The first-order chi connectivity index (χ1) is 10.1. The van der Waals surface area contributed by atoms with Gasteiger partial charge in [0, 0.05) is 26.3 Å². The SMILES string of the molecule is COCCCC(NC(=O)N1CCCC2CCCC21)C(=O)O. The van der Waals surface area contributed by atoms with Crippen molar-refractivity contribution < 1.29 is 19.4 Å². The van der Waals surface area contributed by atoms with Gasteiger partial charge in [-0.25, -0.2) is 9.59 Å². The van der Waals surface area contributed by atoms with Crippen molar-refractivity contribution in [3.8, 4) is 0 Å². The van der Waals surface area contributed by atoms with Crippen LogP contribution in [0, 0.1) is 5.92 Å². The van der Waals surface area contributed by atoms with Crippen molar-refractivity contribution in [2.45, 2.75) is 57.0 Å². The molecule has 0 radical (unpaired) electrons. The van der Waals surface area contributed by atoms with Crippen LogP contribution in [0.3, 0.4) is 0 Å². The zero-order valence-corrected chi connectivity index (χ0v) is 12.7. The number of nitrogens with one attached hydrogen (secondary N) is 1. The van der Waals surface area contributed by atoms with Gasteiger partial charge in [0.25, 0.3) is 0 Å². The zero-order valence-electron chi connectivity index (χ0n) is 12.7. The van der Waals surface area contributed by atoms with Crippen LogP contribution in [0.1, 0.15) is 44.9 Å². The molecule has 2 N–H and O–H groups in total. The average molecular weight is 298 g/mol. The van der Waals surface area contributed by atoms with Gasteiger partial charge in [0.1, 0.15) is 6.04 Å². The van der Waals surface area contributed by atoms with Crippen molar-refractivity contribution >= 4 is 12.0 Å². The molecule has 3 atom stereocenters. The molecule has 0 aromatic carbocycles. The number of hydrogen-bond acceptors (Lipinski definition) is 3. The van der Waals surface area contributed by atoms with E-state index in [1.807, 2.05) is 4.90 Å². The minimum atomic E-state index is -0.973. The smallest absolute Gasteiger partial charge is 0.326 e. The molecule has 0 aromatic heterocycles. The fraction of sp³-hybridized carbons (Fsp3) is 0.867. The Balaban J connectivity index is 1.89. The number of rotatable bonds is 6. The lowest BCUT2D eigenvalue weighted by Crippen LogP contribution is -2.54. The first kappa shape index (κ1) is 16.1. The van der Waals surface area contributed by atoms with E-state index in [1.54, 1.807) is 7.11 Å². The van der Waals surface area contributed by atoms with Crippen molar-refractivity contribution in [3.63, 3.8) is 0 Å². The molecule has 1 saturated heterocycles. The summed E-state index contributed by atoms with van der Waals surface area (Å²) < 4.78 is 4.93. The summed E-state index contributed by atoms with van der Waals surface area (Å²) in [5.41, 5.74) is 0. The minimum Gasteiger partial charge on any atom is -0.480 e. The molecule has 1 aliphatic heterocycles. The Kier molecular flexibility index (Phi) is 5.85. The molecule has 2 aliphatic rings. The van der Waals surface area contributed by atoms with Crippen LogP contribution in [0.2, 0.25) is 0 Å². The topological polar surface area (TPSA) is 78.9 Å². The molecule has 1 aliphatic carbocycles. The lowest BCUT2D eigenvalue weighted by molar-refractivity contribution is -0.139. The van der Waals surface area contributed by atoms with Gasteiger partial charge in [0.2, 0.25) is 0 Å². The molecule has 6 nitrogen and oxygen atoms in total. The minimum absolute atomic E-state index is 0.212. The van der Waals surface area contributed by atoms with Gasteiger partial charge in [-0.15, -0.1) is 0 Å². The van der Waals surface area contributed by atoms with E-state index >= 15 is 0 Å². The van der Waals surface area contributed by atoms with E-state index in [2.05, 4.69) is 5.32 Å². The number of methoxy groups -OCH3 is 1. The number of aliphatic carboxylic acids is 1. The van der Waals surface area contributed by atoms with Crippen LogP contribution in [0.4, 0.5) is 4.79 Å². The van der Waals surface area contributed by atoms with E-state index in [-0.39, 0.29) is 6.03 Å². The third-order valence-electron chi connectivity index (χ3n) is 4.69. The summed E-state index contributed by atoms with van der Waals surface area (Å²) in [5, 5.41) is 11.9. The standard InChI is InChI=1S/C15H26N2O4/c1-21-10-4-7-12(14(18)19)16-15(20)17-9-3-6-11-5-2-8-13(11)17/h11-13H,2-10H2,1H3,(H,16,20)(H,18,19). The van der Waals surface area contributed by atoms with Crippen LogP contribution in [0.5, 0.6) is 0 Å². The number of carboxylic acids is 1. The number of amides is 2. The number of carbonyl (C=O) groups excluding carboxylic acids is 1. The molecule has 2 rings (SSSR count). The van der Waals surface area contributed by atoms with E-state index < -0.39 is 12.0 Å². The maximum Gasteiger partial charge on any atom is 0.326 e. The normalized spacial score (nSPS) is 26.2. The number of carboxylic acid groups (broad SMARTS) is 1. The van der Waals surface area contributed by atoms with Crippen molar-refractivity contribution in [3.05, 3.63) is 0 Å². The molecule has 0 aromatic rings. The van der Waals surface area contributed by atoms with Crippen LogP contribution < -0.4 is 5.32 Å². The zero-order chi connectivity index (χ0) is 15.2. The van der Waals surface area contributed by atoms with Crippen molar-refractivity contribution in [2.24, 2.45) is 5.92 Å². The number of ether oxygens (including phenoxy) is 1. The Morgan fingerprint density at radius 1 is 1.33 bits per heavy atom. The average Bonchev–Trinajstić information content (AvgIpc) is 2.94. The lowest BCUT2D eigenvalue weighted by Gasteiger charge is -2.38. The molecule has 1 heterocycles. The monoisotopic (exact) mass is 298 g/mol. The third kappa shape index (κ3) is 4.09. The number of hydrogen-bond donors (Lipinski definition) is 2. The first-order valence-corrected chi connectivity index (χ1v) is 7.92. The predicted octanol–water partition coefficient (Wildman–Crippen LogP) is 1.84. The van der Waals surface area contributed by atoms with Gasteiger partial charge in [-0.05, 0) is 44.4 Å². The van der Waals surface area contributed by atoms with Crippen molar-refractivity contribution in [1.29, 1.82) is 0 Å². The van der Waals surface area contributed by atoms with Gasteiger partial charge in [-0.1, -0.05) is 6.42 Å². The maximum atomic E-state index is 12.4. The highest BCUT2D eigenvalue weighted by Gasteiger charge is 2.38. The summed E-state index contributed by atoms with van der Waals surface area (Å²) >= 11 is 0. The van der Waals surface area contributed by atoms with Crippen LogP contribution in [0.25, 0.3) is 0 Å². The highest BCUT2D eigenvalue weighted by molar-refractivity contribution is 5.82. The molecule has 21 heavy (non-hydrogen) atoms. The van der Waals surface area contributed by atoms with Gasteiger partial charge in [-0.2, -0.15) is 0 Å². The highest BCUT2D eigenvalue weighted by Crippen LogP contribution is 2.36. The largest absolute Gasteiger partial charge is 0.480 e. The maximum absolute atomic E-state index is 12.4. The molecule has 6 heteroatoms. The van der Waals surface area contributed by atoms with E-state index in [0.29, 0.717) is 31.4 Å². The van der Waals surface area contributed by atoms with Gasteiger partial charge in [0.15, 0.2) is 0 Å². The molecular weight excluding hydrogens is 272 g/mol. The molecule has 2 amide bonds. The molecule has 120 valence electrons. The van der Waals surface area contributed by atoms with E-state index in [0.717, 1.165) is 19.4 Å². The molecule has 3 unspecified atom stereocenters. The van der Waals surface area contributed by atoms with Gasteiger partial charge >= 0.3 is 12.0 Å². The fourth-order valence-electron chi connectivity index (χ4n) is 3.63. The molecule has 2 fully saturated rings. The second-order valence-corrected chi connectivity index (χ2v) is 6.07. The number of nitrogens with zero attached hydrogens (tertiary/aromatic N) is 1. The summed E-state index contributed by atoms with van der Waals surface area (Å²) in [5.74, 6) is -0.360. The van der Waals surface area contributed by atoms with E-state index in [9.17, 15) is 14.7 Å². The summed E-state index contributed by atoms with van der Waals surface area (Å²) in [6, 6.07) is -0.724. The first-order valence-electron chi connectivity index (χ1n) is 7.92. The fourth-order valence-corrected chi connectivity index (χ4v) is 3.63. The Bertz CT molecular complexity index is 375.